The molecule has 2 aliphatic rings. The molecule has 0 aliphatic carbocycles. The van der Waals surface area contributed by atoms with Gasteiger partial charge < -0.3 is 14.6 Å². The number of piperidine rings is 1. The van der Waals surface area contributed by atoms with E-state index in [-0.39, 0.29) is 18.8 Å². The van der Waals surface area contributed by atoms with Crippen LogP contribution in [0.25, 0.3) is 0 Å². The topological polar surface area (TPSA) is 71.9 Å². The van der Waals surface area contributed by atoms with Gasteiger partial charge in [0.2, 0.25) is 6.79 Å². The molecule has 1 fully saturated rings. The zero-order chi connectivity index (χ0) is 18.8. The highest BCUT2D eigenvalue weighted by molar-refractivity contribution is 5.70. The summed E-state index contributed by atoms with van der Waals surface area (Å²) >= 11 is 0. The fourth-order valence-electron chi connectivity index (χ4n) is 3.90. The largest absolute Gasteiger partial charge is 0.481 e. The van der Waals surface area contributed by atoms with Crippen LogP contribution in [0.1, 0.15) is 42.6 Å². The van der Waals surface area contributed by atoms with Crippen LogP contribution in [-0.4, -0.2) is 40.8 Å². The average Bonchev–Trinajstić information content (AvgIpc) is 3.17. The molecule has 2 aromatic rings. The SMILES string of the molecule is CCc1ccc(C(c2ccc3c(c2)OCO3)N2CCCC(C(=O)O)C2)nc1. The Morgan fingerprint density at radius 1 is 1.30 bits per heavy atom. The van der Waals surface area contributed by atoms with E-state index >= 15 is 0 Å². The number of hydrogen-bond donors (Lipinski definition) is 1. The fraction of sp³-hybridized carbons (Fsp3) is 0.429. The number of nitrogens with zero attached hydrogens (tertiary/aromatic N) is 2. The number of benzene rings is 1. The third kappa shape index (κ3) is 3.62. The van der Waals surface area contributed by atoms with Gasteiger partial charge in [-0.25, -0.2) is 0 Å². The molecule has 2 unspecified atom stereocenters. The van der Waals surface area contributed by atoms with Crippen LogP contribution >= 0.6 is 0 Å². The minimum Gasteiger partial charge on any atom is -0.481 e. The molecule has 6 heteroatoms. The quantitative estimate of drug-likeness (QED) is 0.873. The minimum atomic E-state index is -0.724. The number of ether oxygens (including phenoxy) is 2. The van der Waals surface area contributed by atoms with E-state index in [1.54, 1.807) is 0 Å². The van der Waals surface area contributed by atoms with Crippen molar-refractivity contribution in [3.8, 4) is 11.5 Å². The minimum absolute atomic E-state index is 0.104. The van der Waals surface area contributed by atoms with Crippen molar-refractivity contribution in [1.29, 1.82) is 0 Å². The monoisotopic (exact) mass is 368 g/mol. The molecule has 1 aromatic heterocycles. The summed E-state index contributed by atoms with van der Waals surface area (Å²) in [5, 5.41) is 9.50. The lowest BCUT2D eigenvalue weighted by molar-refractivity contribution is -0.143. The average molecular weight is 368 g/mol. The molecule has 2 atom stereocenters. The first-order chi connectivity index (χ1) is 13.2. The Morgan fingerprint density at radius 3 is 2.89 bits per heavy atom. The number of fused-ring (bicyclic) bond motifs is 1. The molecule has 4 rings (SSSR count). The Morgan fingerprint density at radius 2 is 2.15 bits per heavy atom. The molecule has 27 heavy (non-hydrogen) atoms. The van der Waals surface area contributed by atoms with E-state index in [0.29, 0.717) is 6.54 Å². The molecule has 0 bridgehead atoms. The highest BCUT2D eigenvalue weighted by atomic mass is 16.7. The van der Waals surface area contributed by atoms with E-state index in [1.807, 2.05) is 24.4 Å². The first kappa shape index (κ1) is 17.8. The first-order valence-electron chi connectivity index (χ1n) is 9.47. The highest BCUT2D eigenvalue weighted by Crippen LogP contribution is 2.38. The van der Waals surface area contributed by atoms with Crippen molar-refractivity contribution < 1.29 is 19.4 Å². The number of aromatic nitrogens is 1. The second kappa shape index (κ2) is 7.56. The molecular weight excluding hydrogens is 344 g/mol. The number of likely N-dealkylation sites (tertiary alicyclic amines) is 1. The Bertz CT molecular complexity index is 821. The number of aliphatic carboxylic acids is 1. The molecule has 0 saturated carbocycles. The number of hydrogen-bond acceptors (Lipinski definition) is 5. The van der Waals surface area contributed by atoms with Crippen molar-refractivity contribution in [2.75, 3.05) is 19.9 Å². The second-order valence-electron chi connectivity index (χ2n) is 7.13. The molecule has 0 amide bonds. The van der Waals surface area contributed by atoms with Gasteiger partial charge in [-0.3, -0.25) is 14.7 Å². The van der Waals surface area contributed by atoms with Crippen molar-refractivity contribution in [2.24, 2.45) is 5.92 Å². The van der Waals surface area contributed by atoms with E-state index in [2.05, 4.69) is 24.0 Å². The molecule has 142 valence electrons. The van der Waals surface area contributed by atoms with Crippen molar-refractivity contribution in [3.05, 3.63) is 53.3 Å². The van der Waals surface area contributed by atoms with E-state index in [0.717, 1.165) is 48.6 Å². The number of pyridine rings is 1. The Hall–Kier alpha value is -2.60. The zero-order valence-electron chi connectivity index (χ0n) is 15.4. The maximum Gasteiger partial charge on any atom is 0.307 e. The summed E-state index contributed by atoms with van der Waals surface area (Å²) in [4.78, 5) is 18.5. The molecule has 0 spiro atoms. The third-order valence-corrected chi connectivity index (χ3v) is 5.42. The van der Waals surface area contributed by atoms with Gasteiger partial charge in [0.15, 0.2) is 11.5 Å². The summed E-state index contributed by atoms with van der Waals surface area (Å²) in [6.07, 6.45) is 4.44. The molecule has 1 aromatic carbocycles. The van der Waals surface area contributed by atoms with Crippen LogP contribution in [0.4, 0.5) is 0 Å². The van der Waals surface area contributed by atoms with Crippen molar-refractivity contribution in [3.63, 3.8) is 0 Å². The molecule has 1 N–H and O–H groups in total. The van der Waals surface area contributed by atoms with Crippen LogP contribution in [0.15, 0.2) is 36.5 Å². The van der Waals surface area contributed by atoms with Gasteiger partial charge in [-0.15, -0.1) is 0 Å². The Kier molecular flexibility index (Phi) is 4.99. The van der Waals surface area contributed by atoms with Crippen molar-refractivity contribution >= 4 is 5.97 Å². The van der Waals surface area contributed by atoms with Crippen LogP contribution in [0, 0.1) is 5.92 Å². The van der Waals surface area contributed by atoms with Gasteiger partial charge in [0.05, 0.1) is 17.7 Å². The number of carboxylic acid groups (broad SMARTS) is 1. The maximum atomic E-state index is 11.6. The van der Waals surface area contributed by atoms with Crippen LogP contribution in [0.3, 0.4) is 0 Å². The number of rotatable bonds is 5. The van der Waals surface area contributed by atoms with Gasteiger partial charge in [0.25, 0.3) is 0 Å². The predicted molar refractivity (Wildman–Crippen MR) is 100.0 cm³/mol. The molecule has 1 saturated heterocycles. The summed E-state index contributed by atoms with van der Waals surface area (Å²) in [7, 11) is 0. The summed E-state index contributed by atoms with van der Waals surface area (Å²) < 4.78 is 11.0. The van der Waals surface area contributed by atoms with Crippen LogP contribution in [-0.2, 0) is 11.2 Å². The molecule has 6 nitrogen and oxygen atoms in total. The van der Waals surface area contributed by atoms with Crippen molar-refractivity contribution in [2.45, 2.75) is 32.2 Å². The maximum absolute atomic E-state index is 11.6. The van der Waals surface area contributed by atoms with Gasteiger partial charge in [0, 0.05) is 12.7 Å². The summed E-state index contributed by atoms with van der Waals surface area (Å²) in [6.45, 7) is 3.71. The van der Waals surface area contributed by atoms with Gasteiger partial charge in [-0.2, -0.15) is 0 Å². The Labute approximate surface area is 158 Å². The van der Waals surface area contributed by atoms with Crippen LogP contribution in [0.5, 0.6) is 11.5 Å². The van der Waals surface area contributed by atoms with Crippen LogP contribution < -0.4 is 9.47 Å². The van der Waals surface area contributed by atoms with Gasteiger partial charge >= 0.3 is 5.97 Å². The normalized spacial score (nSPS) is 20.4. The number of aryl methyl sites for hydroxylation is 1. The standard InChI is InChI=1S/C21H24N2O4/c1-2-14-5-7-17(22-11-14)20(23-9-3-4-16(12-23)21(24)25)15-6-8-18-19(10-15)27-13-26-18/h5-8,10-11,16,20H,2-4,9,12-13H2,1H3,(H,24,25). The van der Waals surface area contributed by atoms with E-state index in [4.69, 9.17) is 14.5 Å². The fourth-order valence-corrected chi connectivity index (χ4v) is 3.90. The lowest BCUT2D eigenvalue weighted by Crippen LogP contribution is -2.41. The van der Waals surface area contributed by atoms with Crippen molar-refractivity contribution in [1.82, 2.24) is 9.88 Å². The third-order valence-electron chi connectivity index (χ3n) is 5.42. The van der Waals surface area contributed by atoms with Crippen LogP contribution in [0.2, 0.25) is 0 Å². The molecule has 0 radical (unpaired) electrons. The predicted octanol–water partition coefficient (Wildman–Crippen LogP) is 3.26. The van der Waals surface area contributed by atoms with E-state index in [9.17, 15) is 9.90 Å². The second-order valence-corrected chi connectivity index (χ2v) is 7.13. The summed E-state index contributed by atoms with van der Waals surface area (Å²) in [5.74, 6) is 0.409. The smallest absolute Gasteiger partial charge is 0.307 e. The summed E-state index contributed by atoms with van der Waals surface area (Å²) in [5.41, 5.74) is 3.16. The molecule has 3 heterocycles. The summed E-state index contributed by atoms with van der Waals surface area (Å²) in [6, 6.07) is 9.99. The molecule has 2 aliphatic heterocycles. The zero-order valence-corrected chi connectivity index (χ0v) is 15.4. The lowest BCUT2D eigenvalue weighted by Gasteiger charge is -2.37. The molecular formula is C21H24N2O4. The number of carboxylic acids is 1. The van der Waals surface area contributed by atoms with Gasteiger partial charge in [0.1, 0.15) is 0 Å². The van der Waals surface area contributed by atoms with E-state index in [1.165, 1.54) is 5.56 Å². The first-order valence-corrected chi connectivity index (χ1v) is 9.47. The lowest BCUT2D eigenvalue weighted by atomic mass is 9.93. The highest BCUT2D eigenvalue weighted by Gasteiger charge is 2.32. The Balaban J connectivity index is 1.71. The van der Waals surface area contributed by atoms with Gasteiger partial charge in [-0.1, -0.05) is 19.1 Å². The number of carbonyl (C=O) groups is 1. The van der Waals surface area contributed by atoms with E-state index < -0.39 is 5.97 Å². The van der Waals surface area contributed by atoms with Gasteiger partial charge in [-0.05, 0) is 55.1 Å².